The number of hydrogen-bond acceptors (Lipinski definition) is 5. The largest absolute Gasteiger partial charge is 0.466 e. The van der Waals surface area contributed by atoms with Gasteiger partial charge < -0.3 is 20.3 Å². The van der Waals surface area contributed by atoms with Crippen molar-refractivity contribution in [3.05, 3.63) is 0 Å². The van der Waals surface area contributed by atoms with E-state index in [-0.39, 0.29) is 18.5 Å². The van der Waals surface area contributed by atoms with Crippen LogP contribution in [0.15, 0.2) is 0 Å². The molecule has 0 aromatic carbocycles. The second-order valence-corrected chi connectivity index (χ2v) is 24.2. The topological polar surface area (TPSA) is 95.9 Å². The molecule has 0 fully saturated rings. The van der Waals surface area contributed by atoms with Crippen LogP contribution in [0, 0.1) is 0 Å². The molecule has 0 aliphatic rings. The third kappa shape index (κ3) is 61.9. The number of aliphatic hydroxyl groups excluding tert-OH is 2. The maximum Gasteiger partial charge on any atom is 0.305 e. The van der Waals surface area contributed by atoms with Gasteiger partial charge in [0.2, 0.25) is 5.91 Å². The molecule has 0 aromatic heterocycles. The molecule has 3 N–H and O–H groups in total. The van der Waals surface area contributed by atoms with Crippen LogP contribution in [0.2, 0.25) is 0 Å². The number of aliphatic hydroxyl groups is 2. The van der Waals surface area contributed by atoms with Gasteiger partial charge in [0.05, 0.1) is 25.4 Å². The third-order valence-corrected chi connectivity index (χ3v) is 16.7. The lowest BCUT2D eigenvalue weighted by molar-refractivity contribution is -0.143. The Morgan fingerprint density at radius 1 is 0.320 bits per heavy atom. The highest BCUT2D eigenvalue weighted by atomic mass is 16.5. The smallest absolute Gasteiger partial charge is 0.305 e. The minimum Gasteiger partial charge on any atom is -0.466 e. The maximum absolute atomic E-state index is 12.5. The number of esters is 1. The van der Waals surface area contributed by atoms with Gasteiger partial charge in [-0.25, -0.2) is 0 Å². The van der Waals surface area contributed by atoms with Crippen LogP contribution in [0.3, 0.4) is 0 Å². The van der Waals surface area contributed by atoms with Crippen molar-refractivity contribution in [2.45, 2.75) is 418 Å². The van der Waals surface area contributed by atoms with Crippen molar-refractivity contribution >= 4 is 11.9 Å². The van der Waals surface area contributed by atoms with Crippen LogP contribution < -0.4 is 5.32 Å². The fourth-order valence-electron chi connectivity index (χ4n) is 11.4. The first-order valence-corrected chi connectivity index (χ1v) is 34.8. The highest BCUT2D eigenvalue weighted by Gasteiger charge is 2.20. The molecular weight excluding hydrogens is 923 g/mol. The summed E-state index contributed by atoms with van der Waals surface area (Å²) in [5.74, 6) is -0.00625. The molecule has 75 heavy (non-hydrogen) atoms. The average Bonchev–Trinajstić information content (AvgIpc) is 3.41. The highest BCUT2D eigenvalue weighted by Crippen LogP contribution is 2.19. The molecule has 6 nitrogen and oxygen atoms in total. The van der Waals surface area contributed by atoms with E-state index in [1.54, 1.807) is 0 Å². The Morgan fingerprint density at radius 3 is 0.813 bits per heavy atom. The Kier molecular flexibility index (Phi) is 64.4. The number of nitrogens with one attached hydrogen (secondary N) is 1. The van der Waals surface area contributed by atoms with Gasteiger partial charge >= 0.3 is 5.97 Å². The van der Waals surface area contributed by atoms with Crippen molar-refractivity contribution in [2.24, 2.45) is 0 Å². The lowest BCUT2D eigenvalue weighted by atomic mass is 10.0. The average molecular weight is 1060 g/mol. The molecular formula is C69H137NO5. The van der Waals surface area contributed by atoms with Crippen molar-refractivity contribution in [1.82, 2.24) is 5.32 Å². The monoisotopic (exact) mass is 1060 g/mol. The van der Waals surface area contributed by atoms with E-state index in [1.807, 2.05) is 0 Å². The number of carbonyl (C=O) groups excluding carboxylic acids is 2. The van der Waals surface area contributed by atoms with Crippen molar-refractivity contribution in [3.8, 4) is 0 Å². The standard InChI is InChI=1S/C69H137NO5/c1-3-5-7-9-11-13-15-17-19-31-34-37-41-45-49-53-57-61-67(72)66(65-71)70-68(73)62-58-54-50-46-42-38-35-32-29-27-25-23-21-20-22-24-26-28-30-33-36-40-44-48-52-56-60-64-75-69(74)63-59-55-51-47-43-39-18-16-14-12-10-8-6-4-2/h66-67,71-72H,3-65H2,1-2H3,(H,70,73). The number of amides is 1. The summed E-state index contributed by atoms with van der Waals surface area (Å²) in [6.45, 7) is 5.00. The maximum atomic E-state index is 12.5. The molecule has 0 saturated carbocycles. The van der Waals surface area contributed by atoms with Crippen LogP contribution >= 0.6 is 0 Å². The number of hydrogen-bond donors (Lipinski definition) is 3. The first-order chi connectivity index (χ1) is 37.0. The molecule has 1 amide bonds. The molecule has 0 spiro atoms. The van der Waals surface area contributed by atoms with Gasteiger partial charge in [-0.05, 0) is 25.7 Å². The van der Waals surface area contributed by atoms with Gasteiger partial charge in [0, 0.05) is 12.8 Å². The first-order valence-electron chi connectivity index (χ1n) is 34.8. The van der Waals surface area contributed by atoms with E-state index < -0.39 is 12.1 Å². The van der Waals surface area contributed by atoms with E-state index in [4.69, 9.17) is 4.74 Å². The molecule has 0 aromatic rings. The number of unbranched alkanes of at least 4 members (excludes halogenated alkanes) is 55. The van der Waals surface area contributed by atoms with E-state index >= 15 is 0 Å². The molecule has 0 saturated heterocycles. The second kappa shape index (κ2) is 65.4. The predicted octanol–water partition coefficient (Wildman–Crippen LogP) is 22.2. The molecule has 448 valence electrons. The molecule has 0 aliphatic heterocycles. The van der Waals surface area contributed by atoms with Crippen molar-refractivity contribution in [3.63, 3.8) is 0 Å². The molecule has 0 radical (unpaired) electrons. The quantitative estimate of drug-likeness (QED) is 0.0417. The van der Waals surface area contributed by atoms with Gasteiger partial charge in [-0.15, -0.1) is 0 Å². The van der Waals surface area contributed by atoms with Crippen LogP contribution in [0.5, 0.6) is 0 Å². The van der Waals surface area contributed by atoms with Crippen molar-refractivity contribution in [1.29, 1.82) is 0 Å². The molecule has 2 unspecified atom stereocenters. The minimum atomic E-state index is -0.661. The van der Waals surface area contributed by atoms with Crippen molar-refractivity contribution in [2.75, 3.05) is 13.2 Å². The minimum absolute atomic E-state index is 0.0216. The third-order valence-electron chi connectivity index (χ3n) is 16.7. The van der Waals surface area contributed by atoms with Gasteiger partial charge in [-0.2, -0.15) is 0 Å². The van der Waals surface area contributed by atoms with E-state index in [0.717, 1.165) is 38.5 Å². The Labute approximate surface area is 470 Å². The summed E-state index contributed by atoms with van der Waals surface area (Å²) in [5, 5.41) is 23.4. The van der Waals surface area contributed by atoms with Crippen molar-refractivity contribution < 1.29 is 24.5 Å². The zero-order valence-corrected chi connectivity index (χ0v) is 51.3. The second-order valence-electron chi connectivity index (χ2n) is 24.2. The lowest BCUT2D eigenvalue weighted by Crippen LogP contribution is -2.45. The van der Waals surface area contributed by atoms with E-state index in [0.29, 0.717) is 25.9 Å². The summed E-state index contributed by atoms with van der Waals surface area (Å²) < 4.78 is 5.50. The molecule has 0 rings (SSSR count). The summed E-state index contributed by atoms with van der Waals surface area (Å²) in [6.07, 6.45) is 78.6. The fraction of sp³-hybridized carbons (Fsp3) is 0.971. The zero-order valence-electron chi connectivity index (χ0n) is 51.3. The zero-order chi connectivity index (χ0) is 54.3. The number of carbonyl (C=O) groups is 2. The predicted molar refractivity (Wildman–Crippen MR) is 329 cm³/mol. The van der Waals surface area contributed by atoms with E-state index in [2.05, 4.69) is 19.2 Å². The Morgan fingerprint density at radius 2 is 0.547 bits per heavy atom. The van der Waals surface area contributed by atoms with Gasteiger partial charge in [0.25, 0.3) is 0 Å². The SMILES string of the molecule is CCCCCCCCCCCCCCCCCCCC(O)C(CO)NC(=O)CCCCCCCCCCCCCCCCCCCCCCCCCCCCCOC(=O)CCCCCCCCCCCCCCCC. The van der Waals surface area contributed by atoms with Gasteiger partial charge in [-0.1, -0.05) is 367 Å². The van der Waals surface area contributed by atoms with Crippen LogP contribution in [-0.2, 0) is 14.3 Å². The number of ether oxygens (including phenoxy) is 1. The normalized spacial score (nSPS) is 12.4. The molecule has 0 heterocycles. The lowest BCUT2D eigenvalue weighted by Gasteiger charge is -2.22. The van der Waals surface area contributed by atoms with Crippen LogP contribution in [0.4, 0.5) is 0 Å². The first kappa shape index (κ1) is 73.9. The highest BCUT2D eigenvalue weighted by molar-refractivity contribution is 5.76. The van der Waals surface area contributed by atoms with Crippen LogP contribution in [-0.4, -0.2) is 47.4 Å². The van der Waals surface area contributed by atoms with Gasteiger partial charge in [0.15, 0.2) is 0 Å². The van der Waals surface area contributed by atoms with Crippen LogP contribution in [0.1, 0.15) is 406 Å². The summed E-state index contributed by atoms with van der Waals surface area (Å²) in [4.78, 5) is 24.6. The summed E-state index contributed by atoms with van der Waals surface area (Å²) >= 11 is 0. The molecule has 6 heteroatoms. The van der Waals surface area contributed by atoms with E-state index in [9.17, 15) is 19.8 Å². The molecule has 0 aliphatic carbocycles. The number of rotatable bonds is 66. The summed E-state index contributed by atoms with van der Waals surface area (Å²) in [7, 11) is 0. The van der Waals surface area contributed by atoms with Gasteiger partial charge in [0.1, 0.15) is 0 Å². The van der Waals surface area contributed by atoms with Gasteiger partial charge in [-0.3, -0.25) is 9.59 Å². The fourth-order valence-corrected chi connectivity index (χ4v) is 11.4. The Balaban J connectivity index is 3.33. The Hall–Kier alpha value is -1.14. The van der Waals surface area contributed by atoms with Crippen LogP contribution in [0.25, 0.3) is 0 Å². The Bertz CT molecular complexity index is 1080. The summed E-state index contributed by atoms with van der Waals surface area (Å²) in [5.41, 5.74) is 0. The molecule has 2 atom stereocenters. The molecule has 0 bridgehead atoms. The summed E-state index contributed by atoms with van der Waals surface area (Å²) in [6, 6.07) is -0.538. The van der Waals surface area contributed by atoms with E-state index in [1.165, 1.54) is 334 Å².